The van der Waals surface area contributed by atoms with Crippen LogP contribution in [0.2, 0.25) is 0 Å². The summed E-state index contributed by atoms with van der Waals surface area (Å²) in [7, 11) is 0. The summed E-state index contributed by atoms with van der Waals surface area (Å²) in [6, 6.07) is 3.78. The van der Waals surface area contributed by atoms with Gasteiger partial charge in [-0.1, -0.05) is 32.0 Å². The maximum atomic E-state index is 5.69. The molecule has 1 heterocycles. The molecule has 1 aromatic heterocycles. The highest BCUT2D eigenvalue weighted by Crippen LogP contribution is 2.28. The number of nitrogens with one attached hydrogen (secondary N) is 1. The van der Waals surface area contributed by atoms with Gasteiger partial charge in [0, 0.05) is 12.7 Å². The molecule has 0 unspecified atom stereocenters. The summed E-state index contributed by atoms with van der Waals surface area (Å²) in [5.74, 6) is 2.47. The van der Waals surface area contributed by atoms with Crippen LogP contribution in [-0.2, 0) is 0 Å². The molecule has 2 rings (SSSR count). The monoisotopic (exact) mass is 263 g/mol. The molecule has 1 aromatic rings. The molecule has 0 amide bonds. The molecule has 0 radical (unpaired) electrons. The second-order valence-corrected chi connectivity index (χ2v) is 5.71. The Balaban J connectivity index is 1.92. The minimum absolute atomic E-state index is 0.405. The topological polar surface area (TPSA) is 50.9 Å². The molecule has 1 aliphatic carbocycles. The molecule has 0 aromatic carbocycles. The second-order valence-electron chi connectivity index (χ2n) is 5.27. The number of hydrogen-bond donors (Lipinski definition) is 2. The van der Waals surface area contributed by atoms with Gasteiger partial charge in [0.25, 0.3) is 0 Å². The van der Waals surface area contributed by atoms with Crippen LogP contribution >= 0.6 is 12.2 Å². The Morgan fingerprint density at radius 2 is 2.17 bits per heavy atom. The zero-order valence-corrected chi connectivity index (χ0v) is 11.7. The fraction of sp³-hybridized carbons (Fsp3) is 0.571. The molecule has 0 spiro atoms. The fourth-order valence-corrected chi connectivity index (χ4v) is 2.68. The highest BCUT2D eigenvalue weighted by molar-refractivity contribution is 7.80. The summed E-state index contributed by atoms with van der Waals surface area (Å²) < 4.78 is 0. The lowest BCUT2D eigenvalue weighted by Gasteiger charge is -2.26. The lowest BCUT2D eigenvalue weighted by molar-refractivity contribution is 0.300. The van der Waals surface area contributed by atoms with Crippen molar-refractivity contribution in [3.8, 4) is 0 Å². The van der Waals surface area contributed by atoms with Gasteiger partial charge < -0.3 is 11.1 Å². The first-order valence-corrected chi connectivity index (χ1v) is 7.06. The first kappa shape index (κ1) is 13.3. The van der Waals surface area contributed by atoms with E-state index in [4.69, 9.17) is 18.0 Å². The predicted octanol–water partition coefficient (Wildman–Crippen LogP) is 2.95. The van der Waals surface area contributed by atoms with Gasteiger partial charge in [-0.05, 0) is 36.8 Å². The summed E-state index contributed by atoms with van der Waals surface area (Å²) in [6.45, 7) is 3.31. The third-order valence-corrected chi connectivity index (χ3v) is 3.99. The summed E-state index contributed by atoms with van der Waals surface area (Å²) >= 11 is 5.03. The van der Waals surface area contributed by atoms with Crippen molar-refractivity contribution in [2.24, 2.45) is 17.6 Å². The molecular formula is C14H21N3S. The van der Waals surface area contributed by atoms with Crippen LogP contribution in [0.3, 0.4) is 0 Å². The molecule has 4 heteroatoms. The van der Waals surface area contributed by atoms with E-state index in [-0.39, 0.29) is 0 Å². The average molecular weight is 263 g/mol. The van der Waals surface area contributed by atoms with Gasteiger partial charge in [0.1, 0.15) is 10.8 Å². The molecule has 0 aliphatic heterocycles. The minimum atomic E-state index is 0.405. The van der Waals surface area contributed by atoms with Crippen molar-refractivity contribution in [2.75, 3.05) is 11.9 Å². The molecule has 18 heavy (non-hydrogen) atoms. The highest BCUT2D eigenvalue weighted by atomic mass is 32.1. The maximum absolute atomic E-state index is 5.69. The van der Waals surface area contributed by atoms with E-state index in [2.05, 4.69) is 17.2 Å². The van der Waals surface area contributed by atoms with Gasteiger partial charge in [0.05, 0.1) is 5.56 Å². The predicted molar refractivity (Wildman–Crippen MR) is 79.7 cm³/mol. The molecule has 1 fully saturated rings. The number of aromatic nitrogens is 1. The van der Waals surface area contributed by atoms with Gasteiger partial charge in [-0.15, -0.1) is 0 Å². The van der Waals surface area contributed by atoms with E-state index >= 15 is 0 Å². The van der Waals surface area contributed by atoms with E-state index in [0.29, 0.717) is 4.99 Å². The largest absolute Gasteiger partial charge is 0.389 e. The molecule has 98 valence electrons. The average Bonchev–Trinajstić information content (AvgIpc) is 2.38. The summed E-state index contributed by atoms with van der Waals surface area (Å²) in [4.78, 5) is 4.73. The Bertz CT molecular complexity index is 411. The lowest BCUT2D eigenvalue weighted by Crippen LogP contribution is -2.22. The molecule has 0 bridgehead atoms. The molecule has 1 saturated carbocycles. The Hall–Kier alpha value is -1.16. The van der Waals surface area contributed by atoms with Crippen molar-refractivity contribution in [1.29, 1.82) is 0 Å². The van der Waals surface area contributed by atoms with Crippen molar-refractivity contribution < 1.29 is 0 Å². The molecule has 3 nitrogen and oxygen atoms in total. The number of pyridine rings is 1. The van der Waals surface area contributed by atoms with Gasteiger partial charge in [0.2, 0.25) is 0 Å². The van der Waals surface area contributed by atoms with Crippen molar-refractivity contribution in [2.45, 2.75) is 32.6 Å². The van der Waals surface area contributed by atoms with Crippen LogP contribution in [0.5, 0.6) is 0 Å². The maximum Gasteiger partial charge on any atom is 0.136 e. The number of thiocarbonyl (C=S) groups is 1. The van der Waals surface area contributed by atoms with Crippen molar-refractivity contribution in [3.05, 3.63) is 23.9 Å². The quantitative estimate of drug-likeness (QED) is 0.820. The van der Waals surface area contributed by atoms with Gasteiger partial charge >= 0.3 is 0 Å². The van der Waals surface area contributed by atoms with E-state index in [1.807, 2.05) is 12.1 Å². The molecular weight excluding hydrogens is 242 g/mol. The van der Waals surface area contributed by atoms with Gasteiger partial charge in [-0.2, -0.15) is 0 Å². The number of rotatable bonds is 4. The van der Waals surface area contributed by atoms with E-state index < -0.39 is 0 Å². The molecule has 3 N–H and O–H groups in total. The van der Waals surface area contributed by atoms with Crippen LogP contribution in [0.25, 0.3) is 0 Å². The third kappa shape index (κ3) is 3.42. The number of nitrogens with two attached hydrogens (primary N) is 1. The SMILES string of the molecule is CC1CCC(CNc2ncccc2C(N)=S)CC1. The smallest absolute Gasteiger partial charge is 0.136 e. The van der Waals surface area contributed by atoms with E-state index in [1.54, 1.807) is 6.20 Å². The van der Waals surface area contributed by atoms with Crippen LogP contribution in [0.15, 0.2) is 18.3 Å². The Morgan fingerprint density at radius 1 is 1.44 bits per heavy atom. The normalized spacial score (nSPS) is 23.6. The van der Waals surface area contributed by atoms with Crippen molar-refractivity contribution >= 4 is 23.0 Å². The summed E-state index contributed by atoms with van der Waals surface area (Å²) in [5, 5.41) is 3.40. The van der Waals surface area contributed by atoms with Crippen LogP contribution in [0.4, 0.5) is 5.82 Å². The Morgan fingerprint density at radius 3 is 2.83 bits per heavy atom. The Kier molecular flexibility index (Phi) is 4.53. The van der Waals surface area contributed by atoms with Crippen molar-refractivity contribution in [1.82, 2.24) is 4.98 Å². The standard InChI is InChI=1S/C14H21N3S/c1-10-4-6-11(7-5-10)9-17-14-12(13(15)18)3-2-8-16-14/h2-3,8,10-11H,4-7,9H2,1H3,(H2,15,18)(H,16,17). The molecule has 0 saturated heterocycles. The highest BCUT2D eigenvalue weighted by Gasteiger charge is 2.18. The van der Waals surface area contributed by atoms with E-state index in [0.717, 1.165) is 29.8 Å². The van der Waals surface area contributed by atoms with Gasteiger partial charge in [-0.25, -0.2) is 4.98 Å². The Labute approximate surface area is 114 Å². The van der Waals surface area contributed by atoms with E-state index in [1.165, 1.54) is 25.7 Å². The van der Waals surface area contributed by atoms with Crippen molar-refractivity contribution in [3.63, 3.8) is 0 Å². The first-order valence-electron chi connectivity index (χ1n) is 6.65. The zero-order chi connectivity index (χ0) is 13.0. The third-order valence-electron chi connectivity index (χ3n) is 3.77. The van der Waals surface area contributed by atoms with E-state index in [9.17, 15) is 0 Å². The van der Waals surface area contributed by atoms with Crippen LogP contribution < -0.4 is 11.1 Å². The second kappa shape index (κ2) is 6.14. The summed E-state index contributed by atoms with van der Waals surface area (Å²) in [5.41, 5.74) is 6.54. The lowest BCUT2D eigenvalue weighted by atomic mass is 9.83. The van der Waals surface area contributed by atoms with Crippen LogP contribution in [-0.4, -0.2) is 16.5 Å². The molecule has 1 aliphatic rings. The molecule has 0 atom stereocenters. The summed E-state index contributed by atoms with van der Waals surface area (Å²) in [6.07, 6.45) is 7.08. The number of nitrogens with zero attached hydrogens (tertiary/aromatic N) is 1. The zero-order valence-electron chi connectivity index (χ0n) is 10.9. The van der Waals surface area contributed by atoms with Gasteiger partial charge in [0.15, 0.2) is 0 Å². The minimum Gasteiger partial charge on any atom is -0.389 e. The van der Waals surface area contributed by atoms with Crippen LogP contribution in [0.1, 0.15) is 38.2 Å². The fourth-order valence-electron chi connectivity index (χ4n) is 2.52. The first-order chi connectivity index (χ1) is 8.66. The van der Waals surface area contributed by atoms with Crippen LogP contribution in [0, 0.1) is 11.8 Å². The number of hydrogen-bond acceptors (Lipinski definition) is 3. The number of anilines is 1. The van der Waals surface area contributed by atoms with Gasteiger partial charge in [-0.3, -0.25) is 0 Å².